The molecule has 29 heavy (non-hydrogen) atoms. The number of nitrogens with zero attached hydrogens (tertiary/aromatic N) is 1. The maximum Gasteiger partial charge on any atom is 0.387 e. The number of carbonyl (C=O) groups is 1. The lowest BCUT2D eigenvalue weighted by molar-refractivity contribution is -0.129. The maximum absolute atomic E-state index is 12.5. The third-order valence-corrected chi connectivity index (χ3v) is 3.97. The van der Waals surface area contributed by atoms with Crippen molar-refractivity contribution < 1.29 is 37.3 Å². The molecule has 0 fully saturated rings. The minimum absolute atomic E-state index is 0.00464. The number of carbonyl (C=O) groups excluding carboxylic acids is 1. The molecule has 1 heterocycles. The van der Waals surface area contributed by atoms with E-state index in [0.29, 0.717) is 22.6 Å². The summed E-state index contributed by atoms with van der Waals surface area (Å²) in [7, 11) is 4.29. The van der Waals surface area contributed by atoms with Gasteiger partial charge >= 0.3 is 12.6 Å². The van der Waals surface area contributed by atoms with Crippen molar-refractivity contribution in [2.45, 2.75) is 6.61 Å². The lowest BCUT2D eigenvalue weighted by atomic mass is 10.1. The first kappa shape index (κ1) is 20.1. The zero-order valence-electron chi connectivity index (χ0n) is 15.8. The number of alkyl halides is 2. The number of methoxy groups -OCH3 is 3. The summed E-state index contributed by atoms with van der Waals surface area (Å²) < 4.78 is 50.1. The number of hydrogen-bond acceptors (Lipinski definition) is 7. The molecule has 1 aliphatic rings. The number of aliphatic imine (C=N–C) groups is 1. The van der Waals surface area contributed by atoms with E-state index in [1.165, 1.54) is 45.6 Å². The van der Waals surface area contributed by atoms with Gasteiger partial charge in [-0.1, -0.05) is 12.1 Å². The molecule has 2 aromatic rings. The van der Waals surface area contributed by atoms with Gasteiger partial charge in [-0.15, -0.1) is 0 Å². The zero-order chi connectivity index (χ0) is 21.0. The van der Waals surface area contributed by atoms with Gasteiger partial charge in [0, 0.05) is 11.1 Å². The first-order valence-electron chi connectivity index (χ1n) is 8.33. The number of esters is 1. The number of benzene rings is 2. The second-order valence-corrected chi connectivity index (χ2v) is 5.66. The summed E-state index contributed by atoms with van der Waals surface area (Å²) in [6.07, 6.45) is 1.50. The third kappa shape index (κ3) is 4.29. The van der Waals surface area contributed by atoms with Crippen molar-refractivity contribution >= 4 is 17.9 Å². The van der Waals surface area contributed by atoms with Crippen LogP contribution in [0.1, 0.15) is 11.1 Å². The Kier molecular flexibility index (Phi) is 5.96. The number of halogens is 2. The van der Waals surface area contributed by atoms with E-state index in [-0.39, 0.29) is 23.1 Å². The van der Waals surface area contributed by atoms with E-state index in [1.807, 2.05) is 0 Å². The highest BCUT2D eigenvalue weighted by atomic mass is 19.3. The van der Waals surface area contributed by atoms with Gasteiger partial charge in [-0.05, 0) is 30.3 Å². The molecule has 0 aromatic heterocycles. The van der Waals surface area contributed by atoms with Crippen molar-refractivity contribution in [2.24, 2.45) is 4.99 Å². The minimum atomic E-state index is -3.00. The lowest BCUT2D eigenvalue weighted by Crippen LogP contribution is -2.07. The van der Waals surface area contributed by atoms with Gasteiger partial charge < -0.3 is 23.7 Å². The fraction of sp³-hybridized carbons (Fsp3) is 0.200. The Morgan fingerprint density at radius 2 is 1.76 bits per heavy atom. The van der Waals surface area contributed by atoms with Crippen LogP contribution in [0.15, 0.2) is 47.1 Å². The number of hydrogen-bond donors (Lipinski definition) is 0. The summed E-state index contributed by atoms with van der Waals surface area (Å²) in [4.78, 5) is 16.4. The monoisotopic (exact) mass is 405 g/mol. The third-order valence-electron chi connectivity index (χ3n) is 3.97. The van der Waals surface area contributed by atoms with E-state index in [1.54, 1.807) is 18.2 Å². The van der Waals surface area contributed by atoms with Crippen LogP contribution in [0.2, 0.25) is 0 Å². The Morgan fingerprint density at radius 1 is 1.00 bits per heavy atom. The second kappa shape index (κ2) is 8.59. The molecule has 0 bridgehead atoms. The average Bonchev–Trinajstić information content (AvgIpc) is 3.07. The standard InChI is InChI=1S/C20H17F2NO6/c1-25-15-6-4-5-11(17(15)27-3)9-13-19(24)29-18(23-13)12-7-8-14(28-20(21)22)16(10-12)26-2/h4-10,20H,1-3H3/b13-9-. The van der Waals surface area contributed by atoms with Crippen LogP contribution >= 0.6 is 0 Å². The van der Waals surface area contributed by atoms with E-state index in [9.17, 15) is 13.6 Å². The Labute approximate surface area is 165 Å². The molecule has 9 heteroatoms. The summed E-state index contributed by atoms with van der Waals surface area (Å²) in [6.45, 7) is -3.00. The van der Waals surface area contributed by atoms with E-state index < -0.39 is 12.6 Å². The van der Waals surface area contributed by atoms with E-state index in [0.717, 1.165) is 0 Å². The normalized spacial score (nSPS) is 14.6. The predicted molar refractivity (Wildman–Crippen MR) is 99.8 cm³/mol. The van der Waals surface area contributed by atoms with E-state index >= 15 is 0 Å². The highest BCUT2D eigenvalue weighted by molar-refractivity contribution is 6.13. The van der Waals surface area contributed by atoms with Gasteiger partial charge in [0.1, 0.15) is 0 Å². The van der Waals surface area contributed by atoms with E-state index in [2.05, 4.69) is 9.73 Å². The number of ether oxygens (including phenoxy) is 5. The number of cyclic esters (lactones) is 1. The van der Waals surface area contributed by atoms with Gasteiger partial charge in [0.25, 0.3) is 0 Å². The van der Waals surface area contributed by atoms with Gasteiger partial charge in [0.2, 0.25) is 5.90 Å². The SMILES string of the molecule is COc1cc(C2=N/C(=C\c3cccc(OC)c3OC)C(=O)O2)ccc1OC(F)F. The highest BCUT2D eigenvalue weighted by Crippen LogP contribution is 2.34. The second-order valence-electron chi connectivity index (χ2n) is 5.66. The van der Waals surface area contributed by atoms with Crippen molar-refractivity contribution in [2.75, 3.05) is 21.3 Å². The molecule has 0 spiro atoms. The van der Waals surface area contributed by atoms with Crippen LogP contribution in [0, 0.1) is 0 Å². The van der Waals surface area contributed by atoms with Crippen molar-refractivity contribution in [1.82, 2.24) is 0 Å². The van der Waals surface area contributed by atoms with Crippen LogP contribution in [0.4, 0.5) is 8.78 Å². The van der Waals surface area contributed by atoms with Crippen molar-refractivity contribution in [3.8, 4) is 23.0 Å². The van der Waals surface area contributed by atoms with Crippen LogP contribution in [0.25, 0.3) is 6.08 Å². The molecule has 0 N–H and O–H groups in total. The fourth-order valence-corrected chi connectivity index (χ4v) is 2.70. The van der Waals surface area contributed by atoms with Crippen molar-refractivity contribution in [1.29, 1.82) is 0 Å². The molecule has 1 aliphatic heterocycles. The lowest BCUT2D eigenvalue weighted by Gasteiger charge is -2.10. The van der Waals surface area contributed by atoms with Gasteiger partial charge in [0.05, 0.1) is 21.3 Å². The fourth-order valence-electron chi connectivity index (χ4n) is 2.70. The molecule has 152 valence electrons. The quantitative estimate of drug-likeness (QED) is 0.517. The molecule has 0 saturated heterocycles. The van der Waals surface area contributed by atoms with Crippen LogP contribution in [-0.2, 0) is 9.53 Å². The number of para-hydroxylation sites is 1. The highest BCUT2D eigenvalue weighted by Gasteiger charge is 2.26. The molecule has 0 amide bonds. The smallest absolute Gasteiger partial charge is 0.387 e. The summed E-state index contributed by atoms with van der Waals surface area (Å²) in [6, 6.07) is 9.29. The molecule has 2 aromatic carbocycles. The first-order valence-corrected chi connectivity index (χ1v) is 8.33. The van der Waals surface area contributed by atoms with Gasteiger partial charge in [-0.3, -0.25) is 0 Å². The van der Waals surface area contributed by atoms with Crippen molar-refractivity contribution in [3.63, 3.8) is 0 Å². The Hall–Kier alpha value is -3.62. The zero-order valence-corrected chi connectivity index (χ0v) is 15.8. The minimum Gasteiger partial charge on any atom is -0.493 e. The molecule has 0 unspecified atom stereocenters. The maximum atomic E-state index is 12.5. The van der Waals surface area contributed by atoms with Gasteiger partial charge in [0.15, 0.2) is 28.7 Å². The van der Waals surface area contributed by atoms with Gasteiger partial charge in [-0.25, -0.2) is 9.79 Å². The summed E-state index contributed by atoms with van der Waals surface area (Å²) >= 11 is 0. The molecular formula is C20H17F2NO6. The van der Waals surface area contributed by atoms with Crippen LogP contribution < -0.4 is 18.9 Å². The molecule has 0 aliphatic carbocycles. The van der Waals surface area contributed by atoms with Gasteiger partial charge in [-0.2, -0.15) is 8.78 Å². The summed E-state index contributed by atoms with van der Waals surface area (Å²) in [5.74, 6) is 0.175. The van der Waals surface area contributed by atoms with Crippen LogP contribution in [0.5, 0.6) is 23.0 Å². The average molecular weight is 405 g/mol. The Balaban J connectivity index is 1.96. The number of rotatable bonds is 7. The largest absolute Gasteiger partial charge is 0.493 e. The van der Waals surface area contributed by atoms with Crippen LogP contribution in [-0.4, -0.2) is 39.8 Å². The molecular weight excluding hydrogens is 388 g/mol. The Morgan fingerprint density at radius 3 is 2.41 bits per heavy atom. The van der Waals surface area contributed by atoms with Crippen molar-refractivity contribution in [3.05, 3.63) is 53.2 Å². The molecule has 0 atom stereocenters. The molecule has 3 rings (SSSR count). The first-order chi connectivity index (χ1) is 14.0. The predicted octanol–water partition coefficient (Wildman–Crippen LogP) is 3.66. The van der Waals surface area contributed by atoms with E-state index in [4.69, 9.17) is 18.9 Å². The molecule has 7 nitrogen and oxygen atoms in total. The summed E-state index contributed by atoms with van der Waals surface area (Å²) in [5, 5.41) is 0. The summed E-state index contributed by atoms with van der Waals surface area (Å²) in [5.41, 5.74) is 0.971. The Bertz CT molecular complexity index is 987. The molecule has 0 radical (unpaired) electrons. The molecule has 0 saturated carbocycles. The topological polar surface area (TPSA) is 75.6 Å². The van der Waals surface area contributed by atoms with Crippen LogP contribution in [0.3, 0.4) is 0 Å².